The Kier molecular flexibility index (Phi) is 3.61. The van der Waals surface area contributed by atoms with Gasteiger partial charge in [-0.25, -0.2) is 13.4 Å². The fourth-order valence-electron chi connectivity index (χ4n) is 2.36. The van der Waals surface area contributed by atoms with E-state index >= 15 is 0 Å². The summed E-state index contributed by atoms with van der Waals surface area (Å²) >= 11 is 0. The summed E-state index contributed by atoms with van der Waals surface area (Å²) in [5.74, 6) is -0.699. The fourth-order valence-corrected chi connectivity index (χ4v) is 3.81. The lowest BCUT2D eigenvalue weighted by atomic mass is 10.1. The number of aromatic nitrogens is 1. The summed E-state index contributed by atoms with van der Waals surface area (Å²) < 4.78 is 25.7. The summed E-state index contributed by atoms with van der Waals surface area (Å²) in [6.45, 7) is 1.27. The van der Waals surface area contributed by atoms with Crippen LogP contribution in [-0.4, -0.2) is 24.3 Å². The number of hydrogen-bond acceptors (Lipinski definition) is 5. The van der Waals surface area contributed by atoms with Crippen molar-refractivity contribution in [3.8, 4) is 5.75 Å². The molecule has 116 valence electrons. The smallest absolute Gasteiger partial charge is 0.208 e. The van der Waals surface area contributed by atoms with Crippen LogP contribution in [0.15, 0.2) is 64.4 Å². The summed E-state index contributed by atoms with van der Waals surface area (Å²) in [7, 11) is -3.78. The summed E-state index contributed by atoms with van der Waals surface area (Å²) in [6.07, 6.45) is 0. The number of benzene rings is 2. The zero-order valence-corrected chi connectivity index (χ0v) is 13.0. The quantitative estimate of drug-likeness (QED) is 0.748. The maximum atomic E-state index is 12.8. The second kappa shape index (κ2) is 5.48. The van der Waals surface area contributed by atoms with E-state index in [4.69, 9.17) is 0 Å². The second-order valence-electron chi connectivity index (χ2n) is 5.06. The Morgan fingerprint density at radius 2 is 1.74 bits per heavy atom. The SMILES string of the molecule is CC(=O)c1nc2c(S(=O)(=O)c3ccccc3)cccc2cc1O. The van der Waals surface area contributed by atoms with Crippen LogP contribution in [-0.2, 0) is 9.84 Å². The Hall–Kier alpha value is -2.73. The van der Waals surface area contributed by atoms with E-state index in [0.29, 0.717) is 5.39 Å². The van der Waals surface area contributed by atoms with Crippen molar-refractivity contribution in [3.05, 3.63) is 60.3 Å². The van der Waals surface area contributed by atoms with Gasteiger partial charge in [-0.1, -0.05) is 30.3 Å². The van der Waals surface area contributed by atoms with Crippen molar-refractivity contribution in [3.63, 3.8) is 0 Å². The minimum atomic E-state index is -3.78. The second-order valence-corrected chi connectivity index (χ2v) is 6.97. The molecule has 0 aliphatic rings. The molecule has 0 bridgehead atoms. The lowest BCUT2D eigenvalue weighted by molar-refractivity contribution is 0.101. The molecule has 0 aliphatic heterocycles. The summed E-state index contributed by atoms with van der Waals surface area (Å²) in [6, 6.07) is 14.0. The van der Waals surface area contributed by atoms with Gasteiger partial charge in [0.1, 0.15) is 11.4 Å². The summed E-state index contributed by atoms with van der Waals surface area (Å²) in [4.78, 5) is 15.8. The average molecular weight is 327 g/mol. The summed E-state index contributed by atoms with van der Waals surface area (Å²) in [5, 5.41) is 10.3. The van der Waals surface area contributed by atoms with Gasteiger partial charge in [0.15, 0.2) is 5.78 Å². The van der Waals surface area contributed by atoms with E-state index in [9.17, 15) is 18.3 Å². The van der Waals surface area contributed by atoms with E-state index in [2.05, 4.69) is 4.98 Å². The molecule has 23 heavy (non-hydrogen) atoms. The topological polar surface area (TPSA) is 84.3 Å². The van der Waals surface area contributed by atoms with Crippen molar-refractivity contribution < 1.29 is 18.3 Å². The van der Waals surface area contributed by atoms with Gasteiger partial charge in [-0.15, -0.1) is 0 Å². The normalized spacial score (nSPS) is 11.5. The molecule has 1 aromatic heterocycles. The monoisotopic (exact) mass is 327 g/mol. The van der Waals surface area contributed by atoms with Crippen molar-refractivity contribution in [2.45, 2.75) is 16.7 Å². The highest BCUT2D eigenvalue weighted by atomic mass is 32.2. The minimum Gasteiger partial charge on any atom is -0.506 e. The third-order valence-electron chi connectivity index (χ3n) is 3.47. The van der Waals surface area contributed by atoms with E-state index < -0.39 is 15.6 Å². The average Bonchev–Trinajstić information content (AvgIpc) is 2.54. The maximum Gasteiger partial charge on any atom is 0.208 e. The number of hydrogen-bond donors (Lipinski definition) is 1. The molecule has 0 unspecified atom stereocenters. The predicted molar refractivity (Wildman–Crippen MR) is 85.3 cm³/mol. The molecule has 0 saturated carbocycles. The van der Waals surface area contributed by atoms with Gasteiger partial charge >= 0.3 is 0 Å². The van der Waals surface area contributed by atoms with Gasteiger partial charge in [0.25, 0.3) is 0 Å². The Morgan fingerprint density at radius 3 is 2.39 bits per heavy atom. The molecule has 0 radical (unpaired) electrons. The van der Waals surface area contributed by atoms with E-state index in [1.165, 1.54) is 31.2 Å². The number of Topliss-reactive ketones (excluding diaryl/α,β-unsaturated/α-hetero) is 1. The molecular formula is C17H13NO4S. The number of nitrogens with zero attached hydrogens (tertiary/aromatic N) is 1. The lowest BCUT2D eigenvalue weighted by Crippen LogP contribution is -2.05. The molecule has 6 heteroatoms. The minimum absolute atomic E-state index is 0.00343. The molecule has 1 N–H and O–H groups in total. The first-order valence-corrected chi connectivity index (χ1v) is 8.33. The highest BCUT2D eigenvalue weighted by Crippen LogP contribution is 2.30. The van der Waals surface area contributed by atoms with Gasteiger partial charge in [-0.05, 0) is 24.3 Å². The standard InChI is InChI=1S/C17H13NO4S/c1-11(19)16-14(20)10-12-6-5-9-15(17(12)18-16)23(21,22)13-7-3-2-4-8-13/h2-10,20H,1H3. The number of rotatable bonds is 3. The number of pyridine rings is 1. The van der Waals surface area contributed by atoms with Crippen molar-refractivity contribution in [2.75, 3.05) is 0 Å². The third-order valence-corrected chi connectivity index (χ3v) is 5.27. The number of ketones is 1. The van der Waals surface area contributed by atoms with Crippen LogP contribution in [0.5, 0.6) is 5.75 Å². The number of aromatic hydroxyl groups is 1. The fraction of sp³-hybridized carbons (Fsp3) is 0.0588. The first-order chi connectivity index (χ1) is 10.9. The molecule has 3 rings (SSSR count). The van der Waals surface area contributed by atoms with Gasteiger partial charge in [-0.3, -0.25) is 4.79 Å². The van der Waals surface area contributed by atoms with E-state index in [0.717, 1.165) is 0 Å². The van der Waals surface area contributed by atoms with Gasteiger partial charge < -0.3 is 5.11 Å². The number of sulfone groups is 1. The Morgan fingerprint density at radius 1 is 1.04 bits per heavy atom. The van der Waals surface area contributed by atoms with Crippen LogP contribution in [0.1, 0.15) is 17.4 Å². The van der Waals surface area contributed by atoms with Crippen LogP contribution in [0.3, 0.4) is 0 Å². The van der Waals surface area contributed by atoms with Crippen molar-refractivity contribution >= 4 is 26.5 Å². The lowest BCUT2D eigenvalue weighted by Gasteiger charge is -2.09. The van der Waals surface area contributed by atoms with Gasteiger partial charge in [0.05, 0.1) is 15.3 Å². The van der Waals surface area contributed by atoms with Crippen LogP contribution >= 0.6 is 0 Å². The molecule has 0 aliphatic carbocycles. The first kappa shape index (κ1) is 15.2. The van der Waals surface area contributed by atoms with Gasteiger partial charge in [-0.2, -0.15) is 0 Å². The van der Waals surface area contributed by atoms with Crippen LogP contribution in [0.4, 0.5) is 0 Å². The van der Waals surface area contributed by atoms with Crippen molar-refractivity contribution in [1.82, 2.24) is 4.98 Å². The summed E-state index contributed by atoms with van der Waals surface area (Å²) in [5.41, 5.74) is 0.0209. The highest BCUT2D eigenvalue weighted by molar-refractivity contribution is 7.91. The van der Waals surface area contributed by atoms with E-state index in [1.54, 1.807) is 30.3 Å². The maximum absolute atomic E-state index is 12.8. The molecule has 3 aromatic rings. The molecule has 5 nitrogen and oxygen atoms in total. The zero-order chi connectivity index (χ0) is 16.6. The van der Waals surface area contributed by atoms with Crippen molar-refractivity contribution in [2.24, 2.45) is 0 Å². The van der Waals surface area contributed by atoms with Crippen LogP contribution < -0.4 is 0 Å². The van der Waals surface area contributed by atoms with Gasteiger partial charge in [0, 0.05) is 12.3 Å². The number of carbonyl (C=O) groups is 1. The van der Waals surface area contributed by atoms with Gasteiger partial charge in [0.2, 0.25) is 9.84 Å². The van der Waals surface area contributed by atoms with Crippen LogP contribution in [0.2, 0.25) is 0 Å². The Balaban J connectivity index is 2.34. The van der Waals surface area contributed by atoms with Crippen molar-refractivity contribution in [1.29, 1.82) is 0 Å². The van der Waals surface area contributed by atoms with E-state index in [1.807, 2.05) is 0 Å². The molecule has 0 amide bonds. The molecular weight excluding hydrogens is 314 g/mol. The molecule has 0 saturated heterocycles. The first-order valence-electron chi connectivity index (χ1n) is 6.85. The van der Waals surface area contributed by atoms with Crippen LogP contribution in [0, 0.1) is 0 Å². The van der Waals surface area contributed by atoms with Crippen LogP contribution in [0.25, 0.3) is 10.9 Å². The molecule has 2 aromatic carbocycles. The zero-order valence-electron chi connectivity index (χ0n) is 12.2. The highest BCUT2D eigenvalue weighted by Gasteiger charge is 2.22. The van der Waals surface area contributed by atoms with E-state index in [-0.39, 0.29) is 26.8 Å². The molecule has 1 heterocycles. The number of fused-ring (bicyclic) bond motifs is 1. The predicted octanol–water partition coefficient (Wildman–Crippen LogP) is 2.98. The largest absolute Gasteiger partial charge is 0.506 e. The third kappa shape index (κ3) is 2.57. The Labute approximate surface area is 133 Å². The molecule has 0 fully saturated rings. The molecule has 0 spiro atoms. The molecule has 0 atom stereocenters. The number of para-hydroxylation sites is 1. The number of carbonyl (C=O) groups excluding carboxylic acids is 1. The Bertz CT molecular complexity index is 1010.